The molecule has 3 aromatic rings. The maximum Gasteiger partial charge on any atom is 0.270 e. The quantitative estimate of drug-likeness (QED) is 0.515. The first-order valence-electron chi connectivity index (χ1n) is 9.15. The summed E-state index contributed by atoms with van der Waals surface area (Å²) in [6.07, 6.45) is 0.996. The number of hydrogen-bond acceptors (Lipinski definition) is 5. The van der Waals surface area contributed by atoms with Crippen molar-refractivity contribution >= 4 is 33.3 Å². The summed E-state index contributed by atoms with van der Waals surface area (Å²) < 4.78 is 33.8. The van der Waals surface area contributed by atoms with Gasteiger partial charge in [-0.25, -0.2) is 12.7 Å². The largest absolute Gasteiger partial charge is 0.429 e. The van der Waals surface area contributed by atoms with Gasteiger partial charge >= 0.3 is 0 Å². The van der Waals surface area contributed by atoms with Crippen LogP contribution < -0.4 is 0 Å². The van der Waals surface area contributed by atoms with E-state index >= 15 is 0 Å². The summed E-state index contributed by atoms with van der Waals surface area (Å²) in [5, 5.41) is 0. The van der Waals surface area contributed by atoms with Crippen molar-refractivity contribution in [2.24, 2.45) is 0 Å². The molecule has 1 aromatic heterocycles. The molecular formula is C20H25N3O3S2. The second kappa shape index (κ2) is 8.57. The first-order valence-corrected chi connectivity index (χ1v) is 11.0. The Morgan fingerprint density at radius 2 is 1.82 bits per heavy atom. The SMILES string of the molecule is CCCN(Cc1ccccc1)Cn1c(=S)oc2ccc(S(=O)(=O)N(C)C)cc21. The average Bonchev–Trinajstić information content (AvgIpc) is 2.97. The minimum Gasteiger partial charge on any atom is -0.429 e. The smallest absolute Gasteiger partial charge is 0.270 e. The molecule has 0 atom stereocenters. The lowest BCUT2D eigenvalue weighted by atomic mass is 10.2. The Morgan fingerprint density at radius 1 is 1.11 bits per heavy atom. The van der Waals surface area contributed by atoms with E-state index in [-0.39, 0.29) is 4.90 Å². The number of fused-ring (bicyclic) bond motifs is 1. The standard InChI is InChI=1S/C20H25N3O3S2/c1-4-12-22(14-16-8-6-5-7-9-16)15-23-18-13-17(28(24,25)21(2)3)10-11-19(18)26-20(23)27/h5-11,13H,4,12,14-15H2,1-3H3. The van der Waals surface area contributed by atoms with E-state index in [1.54, 1.807) is 18.2 Å². The second-order valence-corrected chi connectivity index (χ2v) is 9.39. The van der Waals surface area contributed by atoms with Crippen LogP contribution in [0.25, 0.3) is 11.1 Å². The summed E-state index contributed by atoms with van der Waals surface area (Å²) in [5.74, 6) is 0. The minimum atomic E-state index is -3.53. The van der Waals surface area contributed by atoms with Gasteiger partial charge in [0.05, 0.1) is 17.1 Å². The van der Waals surface area contributed by atoms with Gasteiger partial charge in [0.2, 0.25) is 10.0 Å². The normalized spacial score (nSPS) is 12.3. The first kappa shape index (κ1) is 20.7. The Bertz CT molecular complexity index is 1100. The number of aromatic nitrogens is 1. The zero-order chi connectivity index (χ0) is 20.3. The lowest BCUT2D eigenvalue weighted by molar-refractivity contribution is 0.208. The molecule has 0 aliphatic heterocycles. The van der Waals surface area contributed by atoms with Gasteiger partial charge in [-0.2, -0.15) is 0 Å². The third kappa shape index (κ3) is 4.35. The first-order chi connectivity index (χ1) is 13.3. The third-order valence-electron chi connectivity index (χ3n) is 4.55. The van der Waals surface area contributed by atoms with Crippen LogP contribution in [0, 0.1) is 4.84 Å². The number of sulfonamides is 1. The number of benzene rings is 2. The molecule has 0 unspecified atom stereocenters. The molecule has 0 bridgehead atoms. The zero-order valence-electron chi connectivity index (χ0n) is 16.3. The highest BCUT2D eigenvalue weighted by Gasteiger charge is 2.20. The summed E-state index contributed by atoms with van der Waals surface area (Å²) in [7, 11) is -0.496. The molecule has 8 heteroatoms. The van der Waals surface area contributed by atoms with Crippen molar-refractivity contribution in [2.75, 3.05) is 20.6 Å². The van der Waals surface area contributed by atoms with Crippen molar-refractivity contribution in [2.45, 2.75) is 31.5 Å². The van der Waals surface area contributed by atoms with E-state index in [0.29, 0.717) is 22.6 Å². The second-order valence-electron chi connectivity index (χ2n) is 6.89. The maximum absolute atomic E-state index is 12.5. The van der Waals surface area contributed by atoms with Gasteiger partial charge in [-0.05, 0) is 48.9 Å². The Labute approximate surface area is 171 Å². The highest BCUT2D eigenvalue weighted by Crippen LogP contribution is 2.24. The fourth-order valence-corrected chi connectivity index (χ4v) is 4.27. The molecule has 0 aliphatic rings. The van der Waals surface area contributed by atoms with E-state index in [9.17, 15) is 8.42 Å². The molecule has 2 aromatic carbocycles. The predicted molar refractivity (Wildman–Crippen MR) is 113 cm³/mol. The van der Waals surface area contributed by atoms with Crippen molar-refractivity contribution in [1.29, 1.82) is 0 Å². The molecule has 1 heterocycles. The molecule has 150 valence electrons. The fraction of sp³-hybridized carbons (Fsp3) is 0.350. The fourth-order valence-electron chi connectivity index (χ4n) is 3.10. The van der Waals surface area contributed by atoms with Crippen LogP contribution in [0.4, 0.5) is 0 Å². The minimum absolute atomic E-state index is 0.222. The van der Waals surface area contributed by atoms with Crippen molar-refractivity contribution < 1.29 is 12.8 Å². The number of oxazole rings is 1. The molecule has 0 saturated carbocycles. The van der Waals surface area contributed by atoms with E-state index in [1.165, 1.54) is 24.0 Å². The van der Waals surface area contributed by atoms with Gasteiger partial charge in [0, 0.05) is 20.6 Å². The van der Waals surface area contributed by atoms with Crippen molar-refractivity contribution in [3.63, 3.8) is 0 Å². The van der Waals surface area contributed by atoms with Gasteiger partial charge in [-0.1, -0.05) is 37.3 Å². The zero-order valence-corrected chi connectivity index (χ0v) is 18.0. The van der Waals surface area contributed by atoms with Crippen LogP contribution >= 0.6 is 12.2 Å². The average molecular weight is 420 g/mol. The number of rotatable bonds is 8. The van der Waals surface area contributed by atoms with Gasteiger partial charge in [0.1, 0.15) is 0 Å². The van der Waals surface area contributed by atoms with E-state index in [4.69, 9.17) is 16.6 Å². The third-order valence-corrected chi connectivity index (χ3v) is 6.66. The topological polar surface area (TPSA) is 58.7 Å². The van der Waals surface area contributed by atoms with Crippen LogP contribution in [0.1, 0.15) is 18.9 Å². The van der Waals surface area contributed by atoms with Crippen LogP contribution in [-0.2, 0) is 23.2 Å². The highest BCUT2D eigenvalue weighted by molar-refractivity contribution is 7.89. The van der Waals surface area contributed by atoms with Crippen molar-refractivity contribution in [1.82, 2.24) is 13.8 Å². The molecule has 0 N–H and O–H groups in total. The summed E-state index contributed by atoms with van der Waals surface area (Å²) in [6.45, 7) is 4.32. The molecule has 0 amide bonds. The molecule has 6 nitrogen and oxygen atoms in total. The van der Waals surface area contributed by atoms with Crippen molar-refractivity contribution in [3.8, 4) is 0 Å². The molecule has 0 saturated heterocycles. The van der Waals surface area contributed by atoms with E-state index in [0.717, 1.165) is 19.5 Å². The van der Waals surface area contributed by atoms with Gasteiger partial charge in [0.15, 0.2) is 5.58 Å². The Hall–Kier alpha value is -2.00. The van der Waals surface area contributed by atoms with Crippen LogP contribution in [-0.4, -0.2) is 42.8 Å². The Kier molecular flexibility index (Phi) is 6.34. The summed E-state index contributed by atoms with van der Waals surface area (Å²) in [4.78, 5) is 2.83. The molecule has 28 heavy (non-hydrogen) atoms. The Morgan fingerprint density at radius 3 is 2.46 bits per heavy atom. The van der Waals surface area contributed by atoms with E-state index in [2.05, 4.69) is 24.0 Å². The monoisotopic (exact) mass is 419 g/mol. The van der Waals surface area contributed by atoms with Crippen molar-refractivity contribution in [3.05, 3.63) is 58.9 Å². The molecular weight excluding hydrogens is 394 g/mol. The van der Waals surface area contributed by atoms with Gasteiger partial charge in [0.25, 0.3) is 4.84 Å². The molecule has 0 fully saturated rings. The summed E-state index contributed by atoms with van der Waals surface area (Å²) in [5.41, 5.74) is 2.48. The van der Waals surface area contributed by atoms with Gasteiger partial charge in [-0.3, -0.25) is 9.47 Å². The van der Waals surface area contributed by atoms with Gasteiger partial charge < -0.3 is 4.42 Å². The Balaban J connectivity index is 1.98. The molecule has 0 spiro atoms. The number of nitrogens with zero attached hydrogens (tertiary/aromatic N) is 3. The van der Waals surface area contributed by atoms with E-state index < -0.39 is 10.0 Å². The number of hydrogen-bond donors (Lipinski definition) is 0. The van der Waals surface area contributed by atoms with Gasteiger partial charge in [-0.15, -0.1) is 0 Å². The van der Waals surface area contributed by atoms with Crippen LogP contribution in [0.2, 0.25) is 0 Å². The summed E-state index contributed by atoms with van der Waals surface area (Å²) in [6, 6.07) is 15.1. The molecule has 0 aliphatic carbocycles. The lowest BCUT2D eigenvalue weighted by Gasteiger charge is -2.22. The van der Waals surface area contributed by atoms with Crippen LogP contribution in [0.5, 0.6) is 0 Å². The maximum atomic E-state index is 12.5. The lowest BCUT2D eigenvalue weighted by Crippen LogP contribution is -2.27. The highest BCUT2D eigenvalue weighted by atomic mass is 32.2. The summed E-state index contributed by atoms with van der Waals surface area (Å²) >= 11 is 5.42. The van der Waals surface area contributed by atoms with Crippen LogP contribution in [0.3, 0.4) is 0 Å². The molecule has 3 rings (SSSR count). The van der Waals surface area contributed by atoms with Crippen LogP contribution in [0.15, 0.2) is 57.8 Å². The predicted octanol–water partition coefficient (Wildman–Crippen LogP) is 4.08. The van der Waals surface area contributed by atoms with E-state index in [1.807, 2.05) is 22.8 Å². The molecule has 0 radical (unpaired) electrons.